The molecule has 1 aliphatic carbocycles. The topological polar surface area (TPSA) is 81.8 Å². The van der Waals surface area contributed by atoms with E-state index >= 15 is 0 Å². The van der Waals surface area contributed by atoms with Crippen molar-refractivity contribution in [1.29, 1.82) is 0 Å². The molecule has 1 aromatic rings. The Morgan fingerprint density at radius 1 is 0.963 bits per heavy atom. The number of nitrogens with one attached hydrogen (secondary N) is 2. The van der Waals surface area contributed by atoms with Crippen molar-refractivity contribution in [3.63, 3.8) is 0 Å². The normalized spacial score (nSPS) is 20.7. The number of piperidine rings is 1. The molecule has 7 nitrogen and oxygen atoms in total. The highest BCUT2D eigenvalue weighted by molar-refractivity contribution is 5.96. The summed E-state index contributed by atoms with van der Waals surface area (Å²) in [4.78, 5) is 39.8. The van der Waals surface area contributed by atoms with Crippen molar-refractivity contribution in [3.8, 4) is 0 Å². The Labute approximate surface area is 159 Å². The highest BCUT2D eigenvalue weighted by Gasteiger charge is 2.35. The Balaban J connectivity index is 1.23. The van der Waals surface area contributed by atoms with E-state index in [1.807, 2.05) is 29.2 Å². The summed E-state index contributed by atoms with van der Waals surface area (Å²) in [5.74, 6) is 0.700. The molecule has 4 rings (SSSR count). The number of benzene rings is 1. The minimum absolute atomic E-state index is 0.0924. The zero-order valence-corrected chi connectivity index (χ0v) is 15.4. The first-order valence-electron chi connectivity index (χ1n) is 9.87. The third-order valence-corrected chi connectivity index (χ3v) is 5.58. The standard InChI is InChI=1S/C20H26N4O3/c25-18-2-1-11-24(18)17-7-5-15(6-8-17)21-20(27)22-16-9-12-23(13-10-16)19(26)14-3-4-14/h5-8,14,16H,1-4,9-13H2,(H2,21,22,27). The number of nitrogens with zero attached hydrogens (tertiary/aromatic N) is 2. The lowest BCUT2D eigenvalue weighted by atomic mass is 10.0. The van der Waals surface area contributed by atoms with E-state index in [0.29, 0.717) is 12.1 Å². The summed E-state index contributed by atoms with van der Waals surface area (Å²) in [5, 5.41) is 5.84. The van der Waals surface area contributed by atoms with Crippen LogP contribution in [0.15, 0.2) is 24.3 Å². The maximum Gasteiger partial charge on any atom is 0.319 e. The smallest absolute Gasteiger partial charge is 0.319 e. The molecule has 4 amide bonds. The summed E-state index contributed by atoms with van der Waals surface area (Å²) in [6.45, 7) is 2.20. The third kappa shape index (κ3) is 4.23. The zero-order chi connectivity index (χ0) is 18.8. The number of amides is 4. The van der Waals surface area contributed by atoms with Gasteiger partial charge < -0.3 is 20.4 Å². The van der Waals surface area contributed by atoms with Gasteiger partial charge >= 0.3 is 6.03 Å². The molecule has 0 atom stereocenters. The molecule has 0 bridgehead atoms. The second-order valence-corrected chi connectivity index (χ2v) is 7.67. The van der Waals surface area contributed by atoms with Crippen LogP contribution >= 0.6 is 0 Å². The van der Waals surface area contributed by atoms with Crippen molar-refractivity contribution >= 4 is 29.2 Å². The molecule has 3 fully saturated rings. The Bertz CT molecular complexity index is 721. The quantitative estimate of drug-likeness (QED) is 0.853. The van der Waals surface area contributed by atoms with Gasteiger partial charge in [0.2, 0.25) is 11.8 Å². The molecule has 2 saturated heterocycles. The molecule has 27 heavy (non-hydrogen) atoms. The average Bonchev–Trinajstić information content (AvgIpc) is 3.44. The van der Waals surface area contributed by atoms with Crippen LogP contribution in [-0.4, -0.2) is 48.4 Å². The molecule has 1 aromatic carbocycles. The van der Waals surface area contributed by atoms with Crippen molar-refractivity contribution < 1.29 is 14.4 Å². The number of urea groups is 1. The van der Waals surface area contributed by atoms with Crippen LogP contribution in [-0.2, 0) is 9.59 Å². The highest BCUT2D eigenvalue weighted by atomic mass is 16.2. The van der Waals surface area contributed by atoms with Crippen molar-refractivity contribution in [2.45, 2.75) is 44.6 Å². The van der Waals surface area contributed by atoms with Crippen LogP contribution in [0.2, 0.25) is 0 Å². The number of anilines is 2. The molecule has 3 aliphatic rings. The molecular formula is C20H26N4O3. The lowest BCUT2D eigenvalue weighted by molar-refractivity contribution is -0.133. The van der Waals surface area contributed by atoms with Crippen molar-refractivity contribution in [1.82, 2.24) is 10.2 Å². The van der Waals surface area contributed by atoms with Crippen molar-refractivity contribution in [2.24, 2.45) is 5.92 Å². The van der Waals surface area contributed by atoms with E-state index in [-0.39, 0.29) is 29.8 Å². The van der Waals surface area contributed by atoms with Crippen LogP contribution in [0.4, 0.5) is 16.2 Å². The van der Waals surface area contributed by atoms with E-state index in [1.165, 1.54) is 0 Å². The zero-order valence-electron chi connectivity index (χ0n) is 15.4. The fourth-order valence-electron chi connectivity index (χ4n) is 3.83. The first-order chi connectivity index (χ1) is 13.1. The average molecular weight is 370 g/mol. The summed E-state index contributed by atoms with van der Waals surface area (Å²) in [7, 11) is 0. The lowest BCUT2D eigenvalue weighted by Gasteiger charge is -2.32. The van der Waals surface area contributed by atoms with Gasteiger partial charge in [0, 0.05) is 49.4 Å². The van der Waals surface area contributed by atoms with Crippen LogP contribution in [0.3, 0.4) is 0 Å². The van der Waals surface area contributed by atoms with E-state index < -0.39 is 0 Å². The van der Waals surface area contributed by atoms with Gasteiger partial charge in [-0.25, -0.2) is 4.79 Å². The molecule has 0 aromatic heterocycles. The minimum atomic E-state index is -0.230. The number of hydrogen-bond donors (Lipinski definition) is 2. The second-order valence-electron chi connectivity index (χ2n) is 7.67. The predicted molar refractivity (Wildman–Crippen MR) is 103 cm³/mol. The first-order valence-corrected chi connectivity index (χ1v) is 9.87. The number of rotatable bonds is 4. The maximum absolute atomic E-state index is 12.2. The van der Waals surface area contributed by atoms with Crippen LogP contribution in [0.5, 0.6) is 0 Å². The van der Waals surface area contributed by atoms with Gasteiger partial charge in [-0.2, -0.15) is 0 Å². The molecule has 2 N–H and O–H groups in total. The Morgan fingerprint density at radius 3 is 2.26 bits per heavy atom. The van der Waals surface area contributed by atoms with Crippen molar-refractivity contribution in [3.05, 3.63) is 24.3 Å². The lowest BCUT2D eigenvalue weighted by Crippen LogP contribution is -2.47. The van der Waals surface area contributed by atoms with Gasteiger partial charge in [-0.15, -0.1) is 0 Å². The van der Waals surface area contributed by atoms with Crippen LogP contribution in [0.1, 0.15) is 38.5 Å². The van der Waals surface area contributed by atoms with Crippen molar-refractivity contribution in [2.75, 3.05) is 29.9 Å². The molecule has 0 unspecified atom stereocenters. The second kappa shape index (κ2) is 7.58. The van der Waals surface area contributed by atoms with E-state index in [9.17, 15) is 14.4 Å². The van der Waals surface area contributed by atoms with E-state index in [2.05, 4.69) is 10.6 Å². The molecular weight excluding hydrogens is 344 g/mol. The Morgan fingerprint density at radius 2 is 1.67 bits per heavy atom. The summed E-state index contributed by atoms with van der Waals surface area (Å²) in [6, 6.07) is 7.22. The van der Waals surface area contributed by atoms with E-state index in [4.69, 9.17) is 0 Å². The maximum atomic E-state index is 12.2. The number of carbonyl (C=O) groups is 3. The van der Waals surface area contributed by atoms with Gasteiger partial charge in [0.15, 0.2) is 0 Å². The molecule has 2 heterocycles. The number of likely N-dealkylation sites (tertiary alicyclic amines) is 1. The van der Waals surface area contributed by atoms with Crippen LogP contribution in [0, 0.1) is 5.92 Å². The highest BCUT2D eigenvalue weighted by Crippen LogP contribution is 2.32. The summed E-state index contributed by atoms with van der Waals surface area (Å²) < 4.78 is 0. The number of hydrogen-bond acceptors (Lipinski definition) is 3. The van der Waals surface area contributed by atoms with Gasteiger partial charge in [0.05, 0.1) is 0 Å². The first kappa shape index (κ1) is 17.8. The Kier molecular flexibility index (Phi) is 5.01. The largest absolute Gasteiger partial charge is 0.342 e. The van der Waals surface area contributed by atoms with Gasteiger partial charge in [0.25, 0.3) is 0 Å². The SMILES string of the molecule is O=C(Nc1ccc(N2CCCC2=O)cc1)NC1CCN(C(=O)C2CC2)CC1. The molecule has 1 saturated carbocycles. The van der Waals surface area contributed by atoms with E-state index in [1.54, 1.807) is 4.90 Å². The van der Waals surface area contributed by atoms with Crippen LogP contribution < -0.4 is 15.5 Å². The van der Waals surface area contributed by atoms with E-state index in [0.717, 1.165) is 57.4 Å². The fourth-order valence-corrected chi connectivity index (χ4v) is 3.83. The van der Waals surface area contributed by atoms with Gasteiger partial charge in [0.1, 0.15) is 0 Å². The minimum Gasteiger partial charge on any atom is -0.342 e. The van der Waals surface area contributed by atoms with Gasteiger partial charge in [-0.3, -0.25) is 9.59 Å². The summed E-state index contributed by atoms with van der Waals surface area (Å²) in [5.41, 5.74) is 1.57. The monoisotopic (exact) mass is 370 g/mol. The molecule has 7 heteroatoms. The molecule has 2 aliphatic heterocycles. The molecule has 0 radical (unpaired) electrons. The third-order valence-electron chi connectivity index (χ3n) is 5.58. The molecule has 0 spiro atoms. The Hall–Kier alpha value is -2.57. The van der Waals surface area contributed by atoms with Crippen LogP contribution in [0.25, 0.3) is 0 Å². The molecule has 144 valence electrons. The predicted octanol–water partition coefficient (Wildman–Crippen LogP) is 2.34. The summed E-state index contributed by atoms with van der Waals surface area (Å²) in [6.07, 6.45) is 5.15. The van der Waals surface area contributed by atoms with Gasteiger partial charge in [-0.05, 0) is 56.4 Å². The number of carbonyl (C=O) groups excluding carboxylic acids is 3. The summed E-state index contributed by atoms with van der Waals surface area (Å²) >= 11 is 0. The van der Waals surface area contributed by atoms with Gasteiger partial charge in [-0.1, -0.05) is 0 Å². The fraction of sp³-hybridized carbons (Fsp3) is 0.550.